The zero-order valence-corrected chi connectivity index (χ0v) is 15.2. The topological polar surface area (TPSA) is 77.5 Å². The summed E-state index contributed by atoms with van der Waals surface area (Å²) in [6.07, 6.45) is 8.77. The molecule has 5 rings (SSSR count). The first-order chi connectivity index (χ1) is 12.6. The Morgan fingerprint density at radius 3 is 2.46 bits per heavy atom. The molecule has 6 nitrogen and oxygen atoms in total. The highest BCUT2D eigenvalue weighted by molar-refractivity contribution is 5.93. The van der Waals surface area contributed by atoms with Gasteiger partial charge in [-0.15, -0.1) is 0 Å². The zero-order valence-electron chi connectivity index (χ0n) is 15.2. The van der Waals surface area contributed by atoms with E-state index >= 15 is 0 Å². The van der Waals surface area contributed by atoms with E-state index in [9.17, 15) is 9.59 Å². The van der Waals surface area contributed by atoms with E-state index in [-0.39, 0.29) is 29.5 Å². The number of aromatic nitrogens is 1. The van der Waals surface area contributed by atoms with Crippen LogP contribution >= 0.6 is 0 Å². The van der Waals surface area contributed by atoms with Crippen LogP contribution in [-0.2, 0) is 9.53 Å². The Morgan fingerprint density at radius 1 is 1.19 bits per heavy atom. The highest BCUT2D eigenvalue weighted by Gasteiger charge is 2.51. The SMILES string of the molecule is CCOc1ncccc1C(=O)OCC(=O)NC12CC3CC(CC(C3)C1)C2. The Labute approximate surface area is 153 Å². The molecule has 4 aliphatic carbocycles. The zero-order chi connectivity index (χ0) is 18.1. The fourth-order valence-electron chi connectivity index (χ4n) is 5.60. The van der Waals surface area contributed by atoms with Crippen molar-refractivity contribution in [1.82, 2.24) is 10.3 Å². The minimum Gasteiger partial charge on any atom is -0.477 e. The van der Waals surface area contributed by atoms with Crippen molar-refractivity contribution in [3.8, 4) is 5.88 Å². The minimum absolute atomic E-state index is 0.0664. The van der Waals surface area contributed by atoms with Crippen molar-refractivity contribution in [3.63, 3.8) is 0 Å². The minimum atomic E-state index is -0.581. The first-order valence-electron chi connectivity index (χ1n) is 9.63. The van der Waals surface area contributed by atoms with Gasteiger partial charge in [0.2, 0.25) is 5.88 Å². The summed E-state index contributed by atoms with van der Waals surface area (Å²) in [5.74, 6) is 1.72. The van der Waals surface area contributed by atoms with Gasteiger partial charge in [-0.05, 0) is 75.3 Å². The first kappa shape index (κ1) is 17.3. The lowest BCUT2D eigenvalue weighted by Crippen LogP contribution is -2.60. The van der Waals surface area contributed by atoms with Crippen LogP contribution in [0.5, 0.6) is 5.88 Å². The molecule has 6 heteroatoms. The summed E-state index contributed by atoms with van der Waals surface area (Å²) in [7, 11) is 0. The predicted octanol–water partition coefficient (Wildman–Crippen LogP) is 2.72. The Bertz CT molecular complexity index is 668. The lowest BCUT2D eigenvalue weighted by atomic mass is 9.53. The second kappa shape index (κ2) is 6.89. The number of pyridine rings is 1. The Hall–Kier alpha value is -2.11. The molecule has 1 heterocycles. The van der Waals surface area contributed by atoms with Crippen LogP contribution in [0.2, 0.25) is 0 Å². The van der Waals surface area contributed by atoms with Gasteiger partial charge in [-0.1, -0.05) is 0 Å². The largest absolute Gasteiger partial charge is 0.477 e. The number of carbonyl (C=O) groups excluding carboxylic acids is 2. The molecule has 1 aromatic heterocycles. The average molecular weight is 358 g/mol. The van der Waals surface area contributed by atoms with Gasteiger partial charge in [0.15, 0.2) is 6.61 Å². The van der Waals surface area contributed by atoms with E-state index < -0.39 is 5.97 Å². The molecule has 26 heavy (non-hydrogen) atoms. The molecule has 4 aliphatic rings. The summed E-state index contributed by atoms with van der Waals surface area (Å²) < 4.78 is 10.6. The molecule has 1 amide bonds. The third-order valence-electron chi connectivity index (χ3n) is 6.05. The molecule has 0 aliphatic heterocycles. The third-order valence-corrected chi connectivity index (χ3v) is 6.05. The number of amides is 1. The highest BCUT2D eigenvalue weighted by Crippen LogP contribution is 2.55. The summed E-state index contributed by atoms with van der Waals surface area (Å²) in [5.41, 5.74) is 0.181. The summed E-state index contributed by atoms with van der Waals surface area (Å²) in [6.45, 7) is 1.97. The maximum Gasteiger partial charge on any atom is 0.344 e. The van der Waals surface area contributed by atoms with E-state index in [1.54, 1.807) is 18.3 Å². The predicted molar refractivity (Wildman–Crippen MR) is 94.7 cm³/mol. The van der Waals surface area contributed by atoms with Crippen molar-refractivity contribution in [2.45, 2.75) is 51.0 Å². The number of nitrogens with zero attached hydrogens (tertiary/aromatic N) is 1. The second-order valence-electron chi connectivity index (χ2n) is 8.11. The molecule has 1 aromatic rings. The lowest BCUT2D eigenvalue weighted by molar-refractivity contribution is -0.130. The van der Waals surface area contributed by atoms with Crippen LogP contribution < -0.4 is 10.1 Å². The van der Waals surface area contributed by atoms with Gasteiger partial charge in [0.05, 0.1) is 6.61 Å². The van der Waals surface area contributed by atoms with Gasteiger partial charge < -0.3 is 14.8 Å². The quantitative estimate of drug-likeness (QED) is 0.791. The van der Waals surface area contributed by atoms with E-state index in [2.05, 4.69) is 10.3 Å². The summed E-state index contributed by atoms with van der Waals surface area (Å²) in [5, 5.41) is 3.21. The van der Waals surface area contributed by atoms with Crippen molar-refractivity contribution in [2.24, 2.45) is 17.8 Å². The van der Waals surface area contributed by atoms with Crippen LogP contribution in [0, 0.1) is 17.8 Å². The molecular formula is C20H26N2O4. The summed E-state index contributed by atoms with van der Waals surface area (Å²) >= 11 is 0. The van der Waals surface area contributed by atoms with Crippen LogP contribution in [0.25, 0.3) is 0 Å². The van der Waals surface area contributed by atoms with Crippen LogP contribution in [0.1, 0.15) is 55.8 Å². The number of hydrogen-bond acceptors (Lipinski definition) is 5. The number of esters is 1. The Morgan fingerprint density at radius 2 is 1.85 bits per heavy atom. The number of nitrogens with one attached hydrogen (secondary N) is 1. The van der Waals surface area contributed by atoms with Crippen molar-refractivity contribution < 1.29 is 19.1 Å². The van der Waals surface area contributed by atoms with Crippen LogP contribution in [0.15, 0.2) is 18.3 Å². The molecule has 1 N–H and O–H groups in total. The molecule has 0 saturated heterocycles. The molecule has 0 aromatic carbocycles. The molecular weight excluding hydrogens is 332 g/mol. The van der Waals surface area contributed by atoms with Crippen molar-refractivity contribution in [1.29, 1.82) is 0 Å². The molecule has 0 spiro atoms. The van der Waals surface area contributed by atoms with E-state index in [1.807, 2.05) is 6.92 Å². The van der Waals surface area contributed by atoms with Crippen molar-refractivity contribution >= 4 is 11.9 Å². The smallest absolute Gasteiger partial charge is 0.344 e. The monoisotopic (exact) mass is 358 g/mol. The van der Waals surface area contributed by atoms with Crippen LogP contribution in [0.3, 0.4) is 0 Å². The number of hydrogen-bond donors (Lipinski definition) is 1. The molecule has 4 fully saturated rings. The van der Waals surface area contributed by atoms with Crippen molar-refractivity contribution in [2.75, 3.05) is 13.2 Å². The molecule has 4 bridgehead atoms. The molecule has 0 unspecified atom stereocenters. The average Bonchev–Trinajstić information content (AvgIpc) is 2.59. The van der Waals surface area contributed by atoms with Gasteiger partial charge in [0, 0.05) is 11.7 Å². The first-order valence-corrected chi connectivity index (χ1v) is 9.63. The lowest BCUT2D eigenvalue weighted by Gasteiger charge is -2.56. The second-order valence-corrected chi connectivity index (χ2v) is 8.11. The fourth-order valence-corrected chi connectivity index (χ4v) is 5.60. The standard InChI is InChI=1S/C20H26N2O4/c1-2-25-18-16(4-3-5-21-18)19(24)26-12-17(23)22-20-9-13-6-14(10-20)8-15(7-13)11-20/h3-5,13-15H,2,6-12H2,1H3,(H,22,23). The molecule has 140 valence electrons. The summed E-state index contributed by atoms with van der Waals surface area (Å²) in [4.78, 5) is 28.8. The normalized spacial score (nSPS) is 31.5. The van der Waals surface area contributed by atoms with Gasteiger partial charge in [-0.3, -0.25) is 4.79 Å². The molecule has 4 saturated carbocycles. The highest BCUT2D eigenvalue weighted by atomic mass is 16.5. The van der Waals surface area contributed by atoms with Gasteiger partial charge in [0.25, 0.3) is 5.91 Å². The molecule has 0 radical (unpaired) electrons. The summed E-state index contributed by atoms with van der Waals surface area (Å²) in [6, 6.07) is 3.24. The van der Waals surface area contributed by atoms with E-state index in [0.717, 1.165) is 37.0 Å². The van der Waals surface area contributed by atoms with Gasteiger partial charge in [-0.2, -0.15) is 0 Å². The van der Waals surface area contributed by atoms with Crippen molar-refractivity contribution in [3.05, 3.63) is 23.9 Å². The van der Waals surface area contributed by atoms with Gasteiger partial charge >= 0.3 is 5.97 Å². The fraction of sp³-hybridized carbons (Fsp3) is 0.650. The number of ether oxygens (including phenoxy) is 2. The number of rotatable bonds is 6. The van der Waals surface area contributed by atoms with E-state index in [1.165, 1.54) is 19.3 Å². The maximum absolute atomic E-state index is 12.4. The molecule has 0 atom stereocenters. The Kier molecular flexibility index (Phi) is 4.59. The maximum atomic E-state index is 12.4. The Balaban J connectivity index is 1.34. The van der Waals surface area contributed by atoms with Gasteiger partial charge in [-0.25, -0.2) is 9.78 Å². The van der Waals surface area contributed by atoms with E-state index in [0.29, 0.717) is 6.61 Å². The number of carbonyl (C=O) groups is 2. The van der Waals surface area contributed by atoms with Crippen LogP contribution in [0.4, 0.5) is 0 Å². The third kappa shape index (κ3) is 3.41. The van der Waals surface area contributed by atoms with Crippen LogP contribution in [-0.4, -0.2) is 35.6 Å². The van der Waals surface area contributed by atoms with Gasteiger partial charge in [0.1, 0.15) is 5.56 Å². The van der Waals surface area contributed by atoms with E-state index in [4.69, 9.17) is 9.47 Å².